The van der Waals surface area contributed by atoms with E-state index in [0.717, 1.165) is 23.3 Å². The Morgan fingerprint density at radius 3 is 2.52 bits per heavy atom. The van der Waals surface area contributed by atoms with Gasteiger partial charge >= 0.3 is 0 Å². The lowest BCUT2D eigenvalue weighted by atomic mass is 9.92. The van der Waals surface area contributed by atoms with Gasteiger partial charge in [-0.3, -0.25) is 4.79 Å². The molecule has 0 fully saturated rings. The van der Waals surface area contributed by atoms with Crippen molar-refractivity contribution in [2.24, 2.45) is 5.41 Å². The Bertz CT molecular complexity index is 671. The van der Waals surface area contributed by atoms with Crippen molar-refractivity contribution in [2.45, 2.75) is 27.2 Å². The summed E-state index contributed by atoms with van der Waals surface area (Å²) in [7, 11) is 1.65. The number of amides is 1. The molecule has 0 saturated carbocycles. The highest BCUT2D eigenvalue weighted by Gasteiger charge is 2.12. The van der Waals surface area contributed by atoms with Crippen LogP contribution in [0.5, 0.6) is 5.75 Å². The molecule has 0 unspecified atom stereocenters. The van der Waals surface area contributed by atoms with Crippen molar-refractivity contribution in [3.05, 3.63) is 54.1 Å². The quantitative estimate of drug-likeness (QED) is 0.881. The van der Waals surface area contributed by atoms with Crippen LogP contribution in [0.4, 0.5) is 0 Å². The Balaban J connectivity index is 2.15. The summed E-state index contributed by atoms with van der Waals surface area (Å²) in [6.07, 6.45) is 0.949. The first-order chi connectivity index (χ1) is 10.9. The first-order valence-corrected chi connectivity index (χ1v) is 7.92. The van der Waals surface area contributed by atoms with Gasteiger partial charge in [0.25, 0.3) is 5.91 Å². The van der Waals surface area contributed by atoms with Crippen molar-refractivity contribution in [2.75, 3.05) is 13.7 Å². The molecule has 0 atom stereocenters. The second-order valence-electron chi connectivity index (χ2n) is 6.85. The Labute approximate surface area is 138 Å². The zero-order valence-electron chi connectivity index (χ0n) is 14.3. The molecule has 0 saturated heterocycles. The van der Waals surface area contributed by atoms with E-state index in [0.29, 0.717) is 12.1 Å². The summed E-state index contributed by atoms with van der Waals surface area (Å²) in [5.41, 5.74) is 2.85. The minimum Gasteiger partial charge on any atom is -0.496 e. The molecule has 1 amide bonds. The summed E-state index contributed by atoms with van der Waals surface area (Å²) in [6, 6.07) is 15.5. The predicted octanol–water partition coefficient (Wildman–Crippen LogP) is 4.53. The number of carbonyl (C=O) groups is 1. The van der Waals surface area contributed by atoms with E-state index in [-0.39, 0.29) is 11.3 Å². The van der Waals surface area contributed by atoms with Gasteiger partial charge in [-0.15, -0.1) is 0 Å². The predicted molar refractivity (Wildman–Crippen MR) is 94.8 cm³/mol. The molecule has 122 valence electrons. The fourth-order valence-corrected chi connectivity index (χ4v) is 2.36. The van der Waals surface area contributed by atoms with Crippen molar-refractivity contribution in [1.82, 2.24) is 5.32 Å². The van der Waals surface area contributed by atoms with Crippen LogP contribution in [0.3, 0.4) is 0 Å². The third kappa shape index (κ3) is 4.85. The average molecular weight is 311 g/mol. The van der Waals surface area contributed by atoms with Crippen LogP contribution in [-0.4, -0.2) is 19.6 Å². The smallest absolute Gasteiger partial charge is 0.251 e. The van der Waals surface area contributed by atoms with E-state index < -0.39 is 0 Å². The Kier molecular flexibility index (Phi) is 5.43. The number of ether oxygens (including phenoxy) is 1. The second kappa shape index (κ2) is 7.32. The fraction of sp³-hybridized carbons (Fsp3) is 0.350. The standard InChI is InChI=1S/C20H25NO2/c1-20(2,3)12-13-21-19(22)16-9-7-8-15(14-16)17-10-5-6-11-18(17)23-4/h5-11,14H,12-13H2,1-4H3,(H,21,22). The molecule has 0 aliphatic carbocycles. The van der Waals surface area contributed by atoms with Crippen LogP contribution in [0.15, 0.2) is 48.5 Å². The molecule has 0 heterocycles. The maximum atomic E-state index is 12.3. The maximum Gasteiger partial charge on any atom is 0.251 e. The number of nitrogens with one attached hydrogen (secondary N) is 1. The van der Waals surface area contributed by atoms with E-state index in [2.05, 4.69) is 26.1 Å². The SMILES string of the molecule is COc1ccccc1-c1cccc(C(=O)NCCC(C)(C)C)c1. The summed E-state index contributed by atoms with van der Waals surface area (Å²) in [5, 5.41) is 2.99. The van der Waals surface area contributed by atoms with Crippen LogP contribution < -0.4 is 10.1 Å². The maximum absolute atomic E-state index is 12.3. The van der Waals surface area contributed by atoms with Crippen LogP contribution in [0.1, 0.15) is 37.6 Å². The molecular weight excluding hydrogens is 286 g/mol. The third-order valence-corrected chi connectivity index (χ3v) is 3.70. The number of methoxy groups -OCH3 is 1. The van der Waals surface area contributed by atoms with Crippen LogP contribution >= 0.6 is 0 Å². The van der Waals surface area contributed by atoms with Gasteiger partial charge in [-0.25, -0.2) is 0 Å². The molecule has 0 radical (unpaired) electrons. The number of hydrogen-bond acceptors (Lipinski definition) is 2. The molecule has 2 aromatic rings. The van der Waals surface area contributed by atoms with Crippen LogP contribution in [0.2, 0.25) is 0 Å². The van der Waals surface area contributed by atoms with Gasteiger partial charge in [0.1, 0.15) is 5.75 Å². The van der Waals surface area contributed by atoms with E-state index in [1.807, 2.05) is 48.5 Å². The van der Waals surface area contributed by atoms with Gasteiger partial charge in [0.15, 0.2) is 0 Å². The minimum atomic E-state index is -0.0361. The number of rotatable bonds is 5. The van der Waals surface area contributed by atoms with Crippen molar-refractivity contribution < 1.29 is 9.53 Å². The van der Waals surface area contributed by atoms with Gasteiger partial charge in [0.05, 0.1) is 7.11 Å². The first kappa shape index (κ1) is 17.1. The van der Waals surface area contributed by atoms with E-state index >= 15 is 0 Å². The zero-order valence-corrected chi connectivity index (χ0v) is 14.3. The molecular formula is C20H25NO2. The lowest BCUT2D eigenvalue weighted by molar-refractivity contribution is 0.0949. The van der Waals surface area contributed by atoms with E-state index in [1.165, 1.54) is 0 Å². The summed E-state index contributed by atoms with van der Waals surface area (Å²) in [4.78, 5) is 12.3. The molecule has 2 rings (SSSR count). The number of hydrogen-bond donors (Lipinski definition) is 1. The van der Waals surface area contributed by atoms with E-state index in [4.69, 9.17) is 4.74 Å². The highest BCUT2D eigenvalue weighted by molar-refractivity contribution is 5.95. The molecule has 0 bridgehead atoms. The van der Waals surface area contributed by atoms with Crippen LogP contribution in [0, 0.1) is 5.41 Å². The Morgan fingerprint density at radius 1 is 1.09 bits per heavy atom. The van der Waals surface area contributed by atoms with Gasteiger partial charge in [-0.05, 0) is 35.6 Å². The van der Waals surface area contributed by atoms with Crippen molar-refractivity contribution in [3.8, 4) is 16.9 Å². The van der Waals surface area contributed by atoms with Crippen LogP contribution in [-0.2, 0) is 0 Å². The summed E-state index contributed by atoms with van der Waals surface area (Å²) < 4.78 is 5.40. The molecule has 23 heavy (non-hydrogen) atoms. The number of carbonyl (C=O) groups excluding carboxylic acids is 1. The van der Waals surface area contributed by atoms with Crippen molar-refractivity contribution >= 4 is 5.91 Å². The molecule has 1 N–H and O–H groups in total. The topological polar surface area (TPSA) is 38.3 Å². The average Bonchev–Trinajstić information content (AvgIpc) is 2.53. The largest absolute Gasteiger partial charge is 0.496 e. The van der Waals surface area contributed by atoms with Crippen molar-refractivity contribution in [3.63, 3.8) is 0 Å². The highest BCUT2D eigenvalue weighted by Crippen LogP contribution is 2.29. The van der Waals surface area contributed by atoms with Crippen molar-refractivity contribution in [1.29, 1.82) is 0 Å². The highest BCUT2D eigenvalue weighted by atomic mass is 16.5. The van der Waals surface area contributed by atoms with Gasteiger partial charge < -0.3 is 10.1 Å². The van der Waals surface area contributed by atoms with E-state index in [9.17, 15) is 4.79 Å². The summed E-state index contributed by atoms with van der Waals surface area (Å²) in [6.45, 7) is 7.19. The normalized spacial score (nSPS) is 11.1. The zero-order chi connectivity index (χ0) is 16.9. The molecule has 0 spiro atoms. The van der Waals surface area contributed by atoms with Gasteiger partial charge in [0, 0.05) is 17.7 Å². The van der Waals surface area contributed by atoms with Gasteiger partial charge in [-0.2, -0.15) is 0 Å². The minimum absolute atomic E-state index is 0.0361. The lowest BCUT2D eigenvalue weighted by Gasteiger charge is -2.18. The Morgan fingerprint density at radius 2 is 1.83 bits per heavy atom. The van der Waals surface area contributed by atoms with Gasteiger partial charge in [-0.1, -0.05) is 51.1 Å². The summed E-state index contributed by atoms with van der Waals surface area (Å²) >= 11 is 0. The lowest BCUT2D eigenvalue weighted by Crippen LogP contribution is -2.27. The molecule has 2 aromatic carbocycles. The van der Waals surface area contributed by atoms with Crippen LogP contribution in [0.25, 0.3) is 11.1 Å². The third-order valence-electron chi connectivity index (χ3n) is 3.70. The molecule has 0 aliphatic rings. The summed E-state index contributed by atoms with van der Waals surface area (Å²) in [5.74, 6) is 0.767. The molecule has 3 heteroatoms. The van der Waals surface area contributed by atoms with Gasteiger partial charge in [0.2, 0.25) is 0 Å². The van der Waals surface area contributed by atoms with E-state index in [1.54, 1.807) is 7.11 Å². The molecule has 0 aliphatic heterocycles. The number of para-hydroxylation sites is 1. The second-order valence-corrected chi connectivity index (χ2v) is 6.85. The Hall–Kier alpha value is -2.29. The molecule has 0 aromatic heterocycles. The fourth-order valence-electron chi connectivity index (χ4n) is 2.36. The number of benzene rings is 2. The first-order valence-electron chi connectivity index (χ1n) is 7.92. The monoisotopic (exact) mass is 311 g/mol. The molecule has 3 nitrogen and oxygen atoms in total.